The van der Waals surface area contributed by atoms with E-state index in [1.165, 1.54) is 12.1 Å². The number of hydroxylamine groups is 1. The first kappa shape index (κ1) is 57.0. The summed E-state index contributed by atoms with van der Waals surface area (Å²) in [5.74, 6) is -1.51. The maximum atomic E-state index is 13.7. The fourth-order valence-electron chi connectivity index (χ4n) is 6.52. The number of anilines is 6. The van der Waals surface area contributed by atoms with Crippen molar-refractivity contribution in [2.24, 2.45) is 0 Å². The van der Waals surface area contributed by atoms with Crippen molar-refractivity contribution in [2.45, 2.75) is 27.4 Å². The van der Waals surface area contributed by atoms with E-state index in [-0.39, 0.29) is 50.3 Å². The summed E-state index contributed by atoms with van der Waals surface area (Å²) in [6.07, 6.45) is 0. The zero-order valence-corrected chi connectivity index (χ0v) is 47.4. The maximum Gasteiger partial charge on any atom is 0.277 e. The summed E-state index contributed by atoms with van der Waals surface area (Å²) in [6.45, 7) is 6.46. The molecule has 0 aliphatic carbocycles. The highest BCUT2D eigenvalue weighted by atomic mass is 127. The Hall–Kier alpha value is -4.88. The molecule has 0 aromatic heterocycles. The number of aliphatic hydroxyl groups is 2. The molecule has 0 unspecified atom stereocenters. The van der Waals surface area contributed by atoms with E-state index < -0.39 is 11.7 Å². The predicted octanol–water partition coefficient (Wildman–Crippen LogP) is 12.9. The standard InChI is InChI=1S/C21H18FIN2O2.C16H16BrIN2O2.C16H16ClIN2O2/c1-14-11-17(23)8-10-19(14)24-20-9-7-16(22)12-18(20)21(26)25-27-13-15-5-3-2-4-6-15;2*1-10-8-12(18)3-5-14(10)20-15-4-2-11(17)9-13(15)16(22)19-6-7-21/h2-12,24H,13H2,1H3,(H,25,26);2*2-5,8-9,20-21H,6-7H2,1H3,(H,19,22). The molecule has 0 fully saturated rings. The molecule has 0 atom stereocenters. The molecule has 8 N–H and O–H groups in total. The Morgan fingerprint density at radius 2 is 0.972 bits per heavy atom. The molecule has 12 nitrogen and oxygen atoms in total. The first-order valence-corrected chi connectivity index (χ1v) is 26.2. The van der Waals surface area contributed by atoms with Crippen molar-refractivity contribution >= 4 is 147 Å². The van der Waals surface area contributed by atoms with Crippen LogP contribution in [0.4, 0.5) is 38.5 Å². The van der Waals surface area contributed by atoms with Gasteiger partial charge < -0.3 is 36.8 Å². The van der Waals surface area contributed by atoms with Crippen molar-refractivity contribution in [2.75, 3.05) is 42.3 Å². The van der Waals surface area contributed by atoms with Gasteiger partial charge in [0.15, 0.2) is 0 Å². The number of aliphatic hydroxyl groups excluding tert-OH is 2. The maximum absolute atomic E-state index is 13.7. The van der Waals surface area contributed by atoms with Crippen molar-refractivity contribution in [1.82, 2.24) is 16.1 Å². The van der Waals surface area contributed by atoms with Gasteiger partial charge in [-0.3, -0.25) is 19.2 Å². The molecule has 0 heterocycles. The molecule has 370 valence electrons. The van der Waals surface area contributed by atoms with Gasteiger partial charge in [-0.25, -0.2) is 9.87 Å². The number of nitrogens with one attached hydrogen (secondary N) is 6. The van der Waals surface area contributed by atoms with Gasteiger partial charge in [0.2, 0.25) is 0 Å². The Morgan fingerprint density at radius 3 is 1.44 bits per heavy atom. The molecule has 71 heavy (non-hydrogen) atoms. The van der Waals surface area contributed by atoms with Crippen LogP contribution in [0.1, 0.15) is 53.3 Å². The third-order valence-corrected chi connectivity index (χ3v) is 12.8. The van der Waals surface area contributed by atoms with Crippen LogP contribution in [0.15, 0.2) is 144 Å². The molecule has 7 aromatic carbocycles. The molecule has 0 aliphatic rings. The fraction of sp³-hybridized carbons (Fsp3) is 0.151. The van der Waals surface area contributed by atoms with Crippen LogP contribution in [0.3, 0.4) is 0 Å². The molecule has 0 radical (unpaired) electrons. The molecule has 0 saturated carbocycles. The summed E-state index contributed by atoms with van der Waals surface area (Å²) < 4.78 is 18.0. The molecule has 7 rings (SSSR count). The molecule has 0 saturated heterocycles. The molecule has 3 amide bonds. The average molecular weight is 1380 g/mol. The van der Waals surface area contributed by atoms with Crippen molar-refractivity contribution in [3.63, 3.8) is 0 Å². The lowest BCUT2D eigenvalue weighted by Gasteiger charge is -2.14. The second-order valence-corrected chi connectivity index (χ2v) is 20.6. The number of carbonyl (C=O) groups excluding carboxylic acids is 3. The van der Waals surface area contributed by atoms with E-state index in [4.69, 9.17) is 26.7 Å². The first-order valence-electron chi connectivity index (χ1n) is 21.8. The minimum atomic E-state index is -0.518. The summed E-state index contributed by atoms with van der Waals surface area (Å²) >= 11 is 16.1. The SMILES string of the molecule is Cc1cc(I)ccc1Nc1ccc(Br)cc1C(=O)NCCO.Cc1cc(I)ccc1Nc1ccc(Cl)cc1C(=O)NCCO.Cc1cc(I)ccc1Nc1ccc(F)cc1C(=O)NOCc1ccccc1. The number of hydrogen-bond acceptors (Lipinski definition) is 9. The van der Waals surface area contributed by atoms with Crippen LogP contribution in [0, 0.1) is 37.3 Å². The summed E-state index contributed by atoms with van der Waals surface area (Å²) in [5.41, 5.74) is 12.3. The average Bonchev–Trinajstić information content (AvgIpc) is 3.34. The van der Waals surface area contributed by atoms with Gasteiger partial charge in [0.1, 0.15) is 5.82 Å². The van der Waals surface area contributed by atoms with Crippen molar-refractivity contribution < 1.29 is 33.8 Å². The molecular formula is C53H50BrClFI3N6O6. The Balaban J connectivity index is 0.000000200. The van der Waals surface area contributed by atoms with Gasteiger partial charge in [-0.1, -0.05) is 57.9 Å². The minimum Gasteiger partial charge on any atom is -0.395 e. The highest BCUT2D eigenvalue weighted by molar-refractivity contribution is 14.1. The van der Waals surface area contributed by atoms with Crippen LogP contribution in [0.5, 0.6) is 0 Å². The lowest BCUT2D eigenvalue weighted by molar-refractivity contribution is 0.0234. The first-order chi connectivity index (χ1) is 34.0. The summed E-state index contributed by atoms with van der Waals surface area (Å²) in [7, 11) is 0. The van der Waals surface area contributed by atoms with Crippen LogP contribution in [0.25, 0.3) is 0 Å². The van der Waals surface area contributed by atoms with Crippen LogP contribution in [0.2, 0.25) is 5.02 Å². The van der Waals surface area contributed by atoms with Crippen LogP contribution >= 0.6 is 95.3 Å². The minimum absolute atomic E-state index is 0.0846. The molecule has 0 spiro atoms. The van der Waals surface area contributed by atoms with Gasteiger partial charge in [0, 0.05) is 50.4 Å². The monoisotopic (exact) mass is 1380 g/mol. The van der Waals surface area contributed by atoms with Crippen LogP contribution in [-0.4, -0.2) is 54.2 Å². The second kappa shape index (κ2) is 29.0. The third-order valence-electron chi connectivity index (χ3n) is 10.1. The topological polar surface area (TPSA) is 173 Å². The Morgan fingerprint density at radius 1 is 0.549 bits per heavy atom. The lowest BCUT2D eigenvalue weighted by Crippen LogP contribution is -2.27. The van der Waals surface area contributed by atoms with E-state index in [0.29, 0.717) is 27.5 Å². The smallest absolute Gasteiger partial charge is 0.277 e. The Kier molecular flexibility index (Phi) is 23.3. The van der Waals surface area contributed by atoms with E-state index in [1.54, 1.807) is 30.3 Å². The summed E-state index contributed by atoms with van der Waals surface area (Å²) in [6, 6.07) is 42.1. The van der Waals surface area contributed by atoms with Crippen LogP contribution < -0.4 is 32.1 Å². The van der Waals surface area contributed by atoms with Gasteiger partial charge in [-0.15, -0.1) is 0 Å². The number of halogens is 6. The van der Waals surface area contributed by atoms with E-state index in [1.807, 2.05) is 106 Å². The van der Waals surface area contributed by atoms with E-state index >= 15 is 0 Å². The molecular weight excluding hydrogens is 1330 g/mol. The number of carbonyl (C=O) groups is 3. The Bertz CT molecular complexity index is 2840. The zero-order valence-electron chi connectivity index (χ0n) is 38.6. The van der Waals surface area contributed by atoms with E-state index in [9.17, 15) is 18.8 Å². The highest BCUT2D eigenvalue weighted by Gasteiger charge is 2.16. The molecule has 18 heteroatoms. The highest BCUT2D eigenvalue weighted by Crippen LogP contribution is 2.30. The quantitative estimate of drug-likeness (QED) is 0.0346. The van der Waals surface area contributed by atoms with Crippen molar-refractivity contribution in [1.29, 1.82) is 0 Å². The third kappa shape index (κ3) is 18.3. The van der Waals surface area contributed by atoms with Gasteiger partial charge in [-0.05, 0) is 220 Å². The van der Waals surface area contributed by atoms with E-state index in [0.717, 1.165) is 60.2 Å². The van der Waals surface area contributed by atoms with E-state index in [2.05, 4.69) is 128 Å². The number of rotatable bonds is 16. The zero-order chi connectivity index (χ0) is 51.5. The van der Waals surface area contributed by atoms with Crippen molar-refractivity contribution in [3.8, 4) is 0 Å². The van der Waals surface area contributed by atoms with Gasteiger partial charge in [-0.2, -0.15) is 0 Å². The lowest BCUT2D eigenvalue weighted by atomic mass is 10.1. The van der Waals surface area contributed by atoms with Gasteiger partial charge >= 0.3 is 0 Å². The predicted molar refractivity (Wildman–Crippen MR) is 311 cm³/mol. The number of amides is 3. The number of hydrogen-bond donors (Lipinski definition) is 8. The van der Waals surface area contributed by atoms with Crippen LogP contribution in [-0.2, 0) is 11.4 Å². The second-order valence-electron chi connectivity index (χ2n) is 15.5. The molecule has 7 aromatic rings. The fourth-order valence-corrected chi connectivity index (χ4v) is 8.99. The van der Waals surface area contributed by atoms with Crippen molar-refractivity contribution in [3.05, 3.63) is 204 Å². The largest absolute Gasteiger partial charge is 0.395 e. The van der Waals surface area contributed by atoms with Gasteiger partial charge in [0.05, 0.1) is 53.6 Å². The number of aryl methyl sites for hydroxylation is 3. The van der Waals surface area contributed by atoms with Gasteiger partial charge in [0.25, 0.3) is 17.7 Å². The normalized spacial score (nSPS) is 10.4. The summed E-state index contributed by atoms with van der Waals surface area (Å²) in [5, 5.41) is 33.2. The number of benzene rings is 7. The molecule has 0 bridgehead atoms. The summed E-state index contributed by atoms with van der Waals surface area (Å²) in [4.78, 5) is 42.2. The Labute approximate surface area is 466 Å². The molecule has 0 aliphatic heterocycles.